The van der Waals surface area contributed by atoms with Crippen LogP contribution in [0.1, 0.15) is 19.8 Å². The Morgan fingerprint density at radius 3 is 2.48 bits per heavy atom. The molecule has 0 radical (unpaired) electrons. The molecule has 4 heteroatoms. The molecule has 0 bridgehead atoms. The van der Waals surface area contributed by atoms with Crippen LogP contribution in [0.15, 0.2) is 24.3 Å². The average molecular weight is 290 g/mol. The Morgan fingerprint density at radius 2 is 1.81 bits per heavy atom. The average Bonchev–Trinajstić information content (AvgIpc) is 2.71. The second-order valence-corrected chi connectivity index (χ2v) is 6.41. The normalized spacial score (nSPS) is 18.8. The zero-order chi connectivity index (χ0) is 15.2. The lowest BCUT2D eigenvalue weighted by Gasteiger charge is -2.29. The molecule has 0 aliphatic carbocycles. The molecule has 1 aliphatic heterocycles. The predicted molar refractivity (Wildman–Crippen MR) is 91.9 cm³/mol. The molecule has 1 fully saturated rings. The number of hydrogen-bond acceptors (Lipinski definition) is 4. The number of benzene rings is 1. The number of nitrogens with two attached hydrogens (primary N) is 1. The fraction of sp³-hybridized carbons (Fsp3) is 0.647. The smallest absolute Gasteiger partial charge is 0.0368 e. The van der Waals surface area contributed by atoms with Gasteiger partial charge in [-0.2, -0.15) is 0 Å². The molecule has 4 nitrogen and oxygen atoms in total. The quantitative estimate of drug-likeness (QED) is 0.843. The maximum absolute atomic E-state index is 5.78. The number of nitrogen functional groups attached to an aromatic ring is 1. The number of anilines is 2. The van der Waals surface area contributed by atoms with E-state index in [4.69, 9.17) is 5.73 Å². The third-order valence-corrected chi connectivity index (χ3v) is 4.41. The first-order valence-corrected chi connectivity index (χ1v) is 8.05. The van der Waals surface area contributed by atoms with E-state index in [2.05, 4.69) is 47.9 Å². The minimum atomic E-state index is 0.666. The van der Waals surface area contributed by atoms with Gasteiger partial charge in [0.1, 0.15) is 0 Å². The van der Waals surface area contributed by atoms with Crippen molar-refractivity contribution in [2.24, 2.45) is 0 Å². The summed E-state index contributed by atoms with van der Waals surface area (Å²) >= 11 is 0. The molecule has 0 spiro atoms. The van der Waals surface area contributed by atoms with Gasteiger partial charge in [-0.05, 0) is 64.7 Å². The zero-order valence-corrected chi connectivity index (χ0v) is 13.8. The SMILES string of the molecule is CC(CCN(C)C)N1CCCN(c2ccc(N)cc2)CC1. The summed E-state index contributed by atoms with van der Waals surface area (Å²) in [4.78, 5) is 7.40. The van der Waals surface area contributed by atoms with Crippen molar-refractivity contribution in [3.8, 4) is 0 Å². The molecule has 21 heavy (non-hydrogen) atoms. The monoisotopic (exact) mass is 290 g/mol. The molecular formula is C17H30N4. The topological polar surface area (TPSA) is 35.7 Å². The summed E-state index contributed by atoms with van der Waals surface area (Å²) in [7, 11) is 4.30. The Balaban J connectivity index is 1.88. The highest BCUT2D eigenvalue weighted by molar-refractivity contribution is 5.53. The lowest BCUT2D eigenvalue weighted by molar-refractivity contribution is 0.200. The molecule has 0 amide bonds. The molecule has 118 valence electrons. The van der Waals surface area contributed by atoms with Crippen molar-refractivity contribution in [3.63, 3.8) is 0 Å². The van der Waals surface area contributed by atoms with Crippen LogP contribution in [0.25, 0.3) is 0 Å². The summed E-state index contributed by atoms with van der Waals surface area (Å²) in [6, 6.07) is 8.94. The van der Waals surface area contributed by atoms with E-state index < -0.39 is 0 Å². The van der Waals surface area contributed by atoms with Crippen LogP contribution in [0.3, 0.4) is 0 Å². The molecule has 1 aliphatic rings. The summed E-state index contributed by atoms with van der Waals surface area (Å²) in [5, 5.41) is 0. The van der Waals surface area contributed by atoms with Gasteiger partial charge < -0.3 is 15.5 Å². The predicted octanol–water partition coefficient (Wildman–Crippen LogP) is 2.12. The maximum Gasteiger partial charge on any atom is 0.0368 e. The van der Waals surface area contributed by atoms with Crippen molar-refractivity contribution in [2.45, 2.75) is 25.8 Å². The third-order valence-electron chi connectivity index (χ3n) is 4.41. The minimum absolute atomic E-state index is 0.666. The van der Waals surface area contributed by atoms with Crippen LogP contribution in [-0.2, 0) is 0 Å². The molecule has 1 heterocycles. The van der Waals surface area contributed by atoms with Crippen molar-refractivity contribution in [1.82, 2.24) is 9.80 Å². The number of hydrogen-bond donors (Lipinski definition) is 1. The van der Waals surface area contributed by atoms with E-state index in [1.54, 1.807) is 0 Å². The zero-order valence-electron chi connectivity index (χ0n) is 13.8. The molecule has 1 saturated heterocycles. The first-order chi connectivity index (χ1) is 10.1. The van der Waals surface area contributed by atoms with E-state index in [9.17, 15) is 0 Å². The van der Waals surface area contributed by atoms with Gasteiger partial charge in [0.15, 0.2) is 0 Å². The molecule has 1 atom stereocenters. The van der Waals surface area contributed by atoms with Gasteiger partial charge in [0.05, 0.1) is 0 Å². The highest BCUT2D eigenvalue weighted by atomic mass is 15.2. The molecule has 1 aromatic carbocycles. The van der Waals surface area contributed by atoms with E-state index in [-0.39, 0.29) is 0 Å². The summed E-state index contributed by atoms with van der Waals surface area (Å²) in [6.07, 6.45) is 2.48. The molecule has 2 N–H and O–H groups in total. The van der Waals surface area contributed by atoms with Crippen LogP contribution in [0.5, 0.6) is 0 Å². The highest BCUT2D eigenvalue weighted by Gasteiger charge is 2.19. The Bertz CT molecular complexity index is 415. The van der Waals surface area contributed by atoms with Crippen LogP contribution >= 0.6 is 0 Å². The van der Waals surface area contributed by atoms with Crippen molar-refractivity contribution < 1.29 is 0 Å². The Morgan fingerprint density at radius 1 is 1.10 bits per heavy atom. The fourth-order valence-electron chi connectivity index (χ4n) is 2.95. The third kappa shape index (κ3) is 4.90. The van der Waals surface area contributed by atoms with Crippen LogP contribution in [0, 0.1) is 0 Å². The number of nitrogens with zero attached hydrogens (tertiary/aromatic N) is 3. The van der Waals surface area contributed by atoms with Crippen molar-refractivity contribution in [2.75, 3.05) is 57.5 Å². The van der Waals surface area contributed by atoms with Crippen molar-refractivity contribution in [3.05, 3.63) is 24.3 Å². The van der Waals surface area contributed by atoms with E-state index in [1.807, 2.05) is 12.1 Å². The minimum Gasteiger partial charge on any atom is -0.399 e. The molecule has 0 saturated carbocycles. The molecular weight excluding hydrogens is 260 g/mol. The second-order valence-electron chi connectivity index (χ2n) is 6.41. The molecule has 2 rings (SSSR count). The van der Waals surface area contributed by atoms with E-state index in [0.29, 0.717) is 6.04 Å². The summed E-state index contributed by atoms with van der Waals surface area (Å²) in [6.45, 7) is 8.14. The Labute approximate surface area is 129 Å². The molecule has 0 aromatic heterocycles. The van der Waals surface area contributed by atoms with Gasteiger partial charge >= 0.3 is 0 Å². The Kier molecular flexibility index (Phi) is 5.88. The van der Waals surface area contributed by atoms with Crippen LogP contribution in [-0.4, -0.2) is 62.7 Å². The largest absolute Gasteiger partial charge is 0.399 e. The van der Waals surface area contributed by atoms with Gasteiger partial charge in [-0.15, -0.1) is 0 Å². The lowest BCUT2D eigenvalue weighted by Crippen LogP contribution is -2.38. The number of rotatable bonds is 5. The summed E-state index contributed by atoms with van der Waals surface area (Å²) in [5.41, 5.74) is 7.91. The van der Waals surface area contributed by atoms with Gasteiger partial charge in [0.2, 0.25) is 0 Å². The van der Waals surface area contributed by atoms with Crippen LogP contribution in [0.4, 0.5) is 11.4 Å². The van der Waals surface area contributed by atoms with Gasteiger partial charge in [0.25, 0.3) is 0 Å². The summed E-state index contributed by atoms with van der Waals surface area (Å²) < 4.78 is 0. The molecule has 1 aromatic rings. The molecule has 1 unspecified atom stereocenters. The van der Waals surface area contributed by atoms with Gasteiger partial charge in [-0.25, -0.2) is 0 Å². The van der Waals surface area contributed by atoms with Crippen LogP contribution in [0.2, 0.25) is 0 Å². The fourth-order valence-corrected chi connectivity index (χ4v) is 2.95. The van der Waals surface area contributed by atoms with E-state index >= 15 is 0 Å². The Hall–Kier alpha value is -1.26. The lowest BCUT2D eigenvalue weighted by atomic mass is 10.2. The van der Waals surface area contributed by atoms with Gasteiger partial charge in [-0.3, -0.25) is 4.90 Å². The first kappa shape index (κ1) is 16.1. The van der Waals surface area contributed by atoms with Crippen molar-refractivity contribution in [1.29, 1.82) is 0 Å². The standard InChI is InChI=1S/C17H30N4/c1-15(9-12-19(2)3)20-10-4-11-21(14-13-20)17-7-5-16(18)6-8-17/h5-8,15H,4,9-14,18H2,1-3H3. The van der Waals surface area contributed by atoms with Crippen LogP contribution < -0.4 is 10.6 Å². The first-order valence-electron chi connectivity index (χ1n) is 8.05. The van der Waals surface area contributed by atoms with Gasteiger partial charge in [-0.1, -0.05) is 0 Å². The van der Waals surface area contributed by atoms with Gasteiger partial charge in [0, 0.05) is 43.6 Å². The highest BCUT2D eigenvalue weighted by Crippen LogP contribution is 2.19. The second kappa shape index (κ2) is 7.66. The summed E-state index contributed by atoms with van der Waals surface area (Å²) in [5.74, 6) is 0. The maximum atomic E-state index is 5.78. The van der Waals surface area contributed by atoms with E-state index in [0.717, 1.165) is 25.3 Å². The van der Waals surface area contributed by atoms with E-state index in [1.165, 1.54) is 31.6 Å². The van der Waals surface area contributed by atoms with Crippen molar-refractivity contribution >= 4 is 11.4 Å².